The van der Waals surface area contributed by atoms with Crippen molar-refractivity contribution in [3.8, 4) is 0 Å². The molecule has 0 atom stereocenters. The number of likely N-dealkylation sites (N-methyl/N-ethyl adjacent to an activating group) is 1. The SMILES string of the molecule is CCC(CC)N(C)C1(CN)CCC(c2ccccc2)CC1. The van der Waals surface area contributed by atoms with Crippen LogP contribution in [0.5, 0.6) is 0 Å². The van der Waals surface area contributed by atoms with Gasteiger partial charge in [0.2, 0.25) is 0 Å². The van der Waals surface area contributed by atoms with E-state index in [1.165, 1.54) is 44.1 Å². The minimum absolute atomic E-state index is 0.224. The van der Waals surface area contributed by atoms with Crippen LogP contribution in [0.3, 0.4) is 0 Å². The Labute approximate surface area is 130 Å². The van der Waals surface area contributed by atoms with Gasteiger partial charge in [-0.1, -0.05) is 44.2 Å². The van der Waals surface area contributed by atoms with Crippen LogP contribution in [-0.4, -0.2) is 30.1 Å². The first-order valence-corrected chi connectivity index (χ1v) is 8.64. The summed E-state index contributed by atoms with van der Waals surface area (Å²) in [7, 11) is 2.30. The summed E-state index contributed by atoms with van der Waals surface area (Å²) < 4.78 is 0. The van der Waals surface area contributed by atoms with Crippen molar-refractivity contribution in [2.45, 2.75) is 69.9 Å². The lowest BCUT2D eigenvalue weighted by Gasteiger charge is -2.49. The van der Waals surface area contributed by atoms with Crippen molar-refractivity contribution in [3.63, 3.8) is 0 Å². The van der Waals surface area contributed by atoms with E-state index in [0.29, 0.717) is 6.04 Å². The van der Waals surface area contributed by atoms with Gasteiger partial charge < -0.3 is 5.73 Å². The molecule has 0 saturated heterocycles. The Kier molecular flexibility index (Phi) is 5.83. The minimum atomic E-state index is 0.224. The molecule has 0 radical (unpaired) electrons. The highest BCUT2D eigenvalue weighted by atomic mass is 15.2. The predicted molar refractivity (Wildman–Crippen MR) is 91.6 cm³/mol. The normalized spacial score (nSPS) is 26.5. The predicted octanol–water partition coefficient (Wildman–Crippen LogP) is 4.16. The van der Waals surface area contributed by atoms with Crippen molar-refractivity contribution in [3.05, 3.63) is 35.9 Å². The lowest BCUT2D eigenvalue weighted by molar-refractivity contribution is 0.0353. The van der Waals surface area contributed by atoms with Crippen LogP contribution < -0.4 is 5.73 Å². The quantitative estimate of drug-likeness (QED) is 0.851. The topological polar surface area (TPSA) is 29.3 Å². The summed E-state index contributed by atoms with van der Waals surface area (Å²) in [5, 5.41) is 0. The molecule has 0 aromatic heterocycles. The van der Waals surface area contributed by atoms with Gasteiger partial charge in [0, 0.05) is 18.1 Å². The van der Waals surface area contributed by atoms with Crippen molar-refractivity contribution in [2.24, 2.45) is 5.73 Å². The van der Waals surface area contributed by atoms with E-state index in [-0.39, 0.29) is 5.54 Å². The Morgan fingerprint density at radius 2 is 1.71 bits per heavy atom. The standard InChI is InChI=1S/C19H32N2/c1-4-18(5-2)21(3)19(15-20)13-11-17(12-14-19)16-9-7-6-8-10-16/h6-10,17-18H,4-5,11-15,20H2,1-3H3. The van der Waals surface area contributed by atoms with Gasteiger partial charge in [0.05, 0.1) is 0 Å². The summed E-state index contributed by atoms with van der Waals surface area (Å²) >= 11 is 0. The largest absolute Gasteiger partial charge is 0.329 e. The second-order valence-electron chi connectivity index (χ2n) is 6.69. The van der Waals surface area contributed by atoms with Gasteiger partial charge in [-0.15, -0.1) is 0 Å². The summed E-state index contributed by atoms with van der Waals surface area (Å²) in [4.78, 5) is 2.61. The number of rotatable bonds is 6. The van der Waals surface area contributed by atoms with Crippen molar-refractivity contribution in [2.75, 3.05) is 13.6 Å². The van der Waals surface area contributed by atoms with Crippen LogP contribution in [0.4, 0.5) is 0 Å². The Morgan fingerprint density at radius 3 is 2.19 bits per heavy atom. The Bertz CT molecular complexity index is 403. The molecule has 1 saturated carbocycles. The van der Waals surface area contributed by atoms with Gasteiger partial charge in [-0.05, 0) is 57.1 Å². The van der Waals surface area contributed by atoms with Gasteiger partial charge in [-0.2, -0.15) is 0 Å². The van der Waals surface area contributed by atoms with Gasteiger partial charge in [-0.3, -0.25) is 4.90 Å². The lowest BCUT2D eigenvalue weighted by Crippen LogP contribution is -2.57. The molecule has 0 heterocycles. The number of nitrogens with two attached hydrogens (primary N) is 1. The summed E-state index contributed by atoms with van der Waals surface area (Å²) in [6.45, 7) is 5.39. The van der Waals surface area contributed by atoms with Crippen molar-refractivity contribution < 1.29 is 0 Å². The second kappa shape index (κ2) is 7.42. The Hall–Kier alpha value is -0.860. The Morgan fingerprint density at radius 1 is 1.14 bits per heavy atom. The van der Waals surface area contributed by atoms with E-state index in [1.54, 1.807) is 0 Å². The molecule has 1 fully saturated rings. The molecule has 2 heteroatoms. The first kappa shape index (κ1) is 16.5. The molecule has 1 aromatic rings. The first-order valence-electron chi connectivity index (χ1n) is 8.64. The van der Waals surface area contributed by atoms with E-state index in [4.69, 9.17) is 5.73 Å². The molecule has 1 aromatic carbocycles. The molecule has 0 bridgehead atoms. The zero-order valence-electron chi connectivity index (χ0n) is 14.0. The number of hydrogen-bond donors (Lipinski definition) is 1. The molecule has 2 rings (SSSR count). The smallest absolute Gasteiger partial charge is 0.0332 e. The first-order chi connectivity index (χ1) is 10.2. The molecule has 0 unspecified atom stereocenters. The van der Waals surface area contributed by atoms with Gasteiger partial charge in [0.25, 0.3) is 0 Å². The number of benzene rings is 1. The fourth-order valence-corrected chi connectivity index (χ4v) is 4.14. The van der Waals surface area contributed by atoms with E-state index in [2.05, 4.69) is 56.1 Å². The van der Waals surface area contributed by atoms with Crippen molar-refractivity contribution in [1.29, 1.82) is 0 Å². The molecular formula is C19H32N2. The van der Waals surface area contributed by atoms with Gasteiger partial charge >= 0.3 is 0 Å². The zero-order chi connectivity index (χ0) is 15.3. The van der Waals surface area contributed by atoms with E-state index in [9.17, 15) is 0 Å². The molecule has 0 spiro atoms. The average Bonchev–Trinajstić information content (AvgIpc) is 2.56. The monoisotopic (exact) mass is 288 g/mol. The maximum absolute atomic E-state index is 6.23. The van der Waals surface area contributed by atoms with Crippen LogP contribution in [-0.2, 0) is 0 Å². The Balaban J connectivity index is 2.05. The van der Waals surface area contributed by atoms with Gasteiger partial charge in [0.15, 0.2) is 0 Å². The number of hydrogen-bond acceptors (Lipinski definition) is 2. The third kappa shape index (κ3) is 3.49. The molecule has 0 aliphatic heterocycles. The summed E-state index contributed by atoms with van der Waals surface area (Å²) in [6, 6.07) is 11.7. The van der Waals surface area contributed by atoms with Crippen LogP contribution in [0, 0.1) is 0 Å². The lowest BCUT2D eigenvalue weighted by atomic mass is 9.72. The molecule has 2 N–H and O–H groups in total. The van der Waals surface area contributed by atoms with Crippen LogP contribution in [0.15, 0.2) is 30.3 Å². The highest BCUT2D eigenvalue weighted by Gasteiger charge is 2.39. The van der Waals surface area contributed by atoms with E-state index in [0.717, 1.165) is 12.5 Å². The molecule has 21 heavy (non-hydrogen) atoms. The van der Waals surface area contributed by atoms with Crippen LogP contribution in [0.25, 0.3) is 0 Å². The highest BCUT2D eigenvalue weighted by Crippen LogP contribution is 2.41. The molecule has 118 valence electrons. The molecular weight excluding hydrogens is 256 g/mol. The fraction of sp³-hybridized carbons (Fsp3) is 0.684. The third-order valence-electron chi connectivity index (χ3n) is 5.81. The molecule has 1 aliphatic carbocycles. The fourth-order valence-electron chi connectivity index (χ4n) is 4.14. The second-order valence-corrected chi connectivity index (χ2v) is 6.69. The van der Waals surface area contributed by atoms with Crippen LogP contribution >= 0.6 is 0 Å². The molecule has 2 nitrogen and oxygen atoms in total. The maximum atomic E-state index is 6.23. The third-order valence-corrected chi connectivity index (χ3v) is 5.81. The zero-order valence-corrected chi connectivity index (χ0v) is 14.0. The minimum Gasteiger partial charge on any atom is -0.329 e. The van der Waals surface area contributed by atoms with Gasteiger partial charge in [-0.25, -0.2) is 0 Å². The highest BCUT2D eigenvalue weighted by molar-refractivity contribution is 5.20. The van der Waals surface area contributed by atoms with Crippen LogP contribution in [0.1, 0.15) is 63.9 Å². The summed E-state index contributed by atoms with van der Waals surface area (Å²) in [5.41, 5.74) is 7.96. The van der Waals surface area contributed by atoms with E-state index >= 15 is 0 Å². The maximum Gasteiger partial charge on any atom is 0.0332 e. The summed E-state index contributed by atoms with van der Waals surface area (Å²) in [6.07, 6.45) is 7.44. The number of nitrogens with zero attached hydrogens (tertiary/aromatic N) is 1. The molecule has 0 amide bonds. The van der Waals surface area contributed by atoms with E-state index < -0.39 is 0 Å². The van der Waals surface area contributed by atoms with Crippen molar-refractivity contribution in [1.82, 2.24) is 4.90 Å². The van der Waals surface area contributed by atoms with Gasteiger partial charge in [0.1, 0.15) is 0 Å². The van der Waals surface area contributed by atoms with E-state index in [1.807, 2.05) is 0 Å². The summed E-state index contributed by atoms with van der Waals surface area (Å²) in [5.74, 6) is 0.723. The van der Waals surface area contributed by atoms with Crippen LogP contribution in [0.2, 0.25) is 0 Å². The average molecular weight is 288 g/mol. The van der Waals surface area contributed by atoms with Crippen molar-refractivity contribution >= 4 is 0 Å². The molecule has 1 aliphatic rings.